The molecule has 0 aliphatic carbocycles. The highest BCUT2D eigenvalue weighted by Gasteiger charge is 2.52. The molecule has 1 N–H and O–H groups in total. The molecule has 3 amide bonds. The van der Waals surface area contributed by atoms with Crippen LogP contribution in [0.15, 0.2) is 65.7 Å². The van der Waals surface area contributed by atoms with E-state index in [0.717, 1.165) is 45.6 Å². The zero-order chi connectivity index (χ0) is 30.3. The molecule has 40 heavy (non-hydrogen) atoms. The Labute approximate surface area is 222 Å². The van der Waals surface area contributed by atoms with Crippen molar-refractivity contribution < 1.29 is 54.3 Å². The number of carboxylic acids is 1. The summed E-state index contributed by atoms with van der Waals surface area (Å²) in [5.74, 6) is -3.34. The minimum Gasteiger partial charge on any atom is -0.475 e. The number of pyridine rings is 1. The molecule has 0 radical (unpaired) electrons. The normalized spacial score (nSPS) is 15.7. The average Bonchev–Trinajstić information content (AvgIpc) is 3.02. The summed E-state index contributed by atoms with van der Waals surface area (Å²) in [6, 6.07) is 11.9. The zero-order valence-corrected chi connectivity index (χ0v) is 21.3. The number of hydrogen-bond donors (Lipinski definition) is 1. The van der Waals surface area contributed by atoms with Gasteiger partial charge in [0.05, 0.1) is 16.1 Å². The minimum absolute atomic E-state index is 0.0266. The molecular weight excluding hydrogens is 572 g/mol. The molecule has 0 bridgehead atoms. The number of nitrogens with zero attached hydrogens (tertiary/aromatic N) is 3. The maximum absolute atomic E-state index is 13.2. The highest BCUT2D eigenvalue weighted by molar-refractivity contribution is 7.92. The number of carboxylic acid groups (broad SMARTS) is 1. The number of fused-ring (bicyclic) bond motifs is 1. The molecule has 1 aliphatic rings. The van der Waals surface area contributed by atoms with Crippen LogP contribution in [0.1, 0.15) is 19.4 Å². The van der Waals surface area contributed by atoms with Crippen LogP contribution in [0.2, 0.25) is 0 Å². The monoisotopic (exact) mass is 591 g/mol. The molecule has 1 fully saturated rings. The van der Waals surface area contributed by atoms with Crippen molar-refractivity contribution in [3.05, 3.63) is 66.4 Å². The third kappa shape index (κ3) is 5.71. The number of halogens is 6. The Kier molecular flexibility index (Phi) is 7.89. The number of aliphatic carboxylic acids is 1. The predicted octanol–water partition coefficient (Wildman–Crippen LogP) is 4.91. The largest absolute Gasteiger partial charge is 0.501 e. The van der Waals surface area contributed by atoms with Gasteiger partial charge in [-0.3, -0.25) is 9.78 Å². The highest BCUT2D eigenvalue weighted by atomic mass is 32.2. The predicted molar refractivity (Wildman–Crippen MR) is 128 cm³/mol. The second-order valence-corrected chi connectivity index (χ2v) is 10.7. The Morgan fingerprint density at radius 3 is 2.02 bits per heavy atom. The standard InChI is InChI=1S/C22H18F3N3O4S.C2HF3O2/c1-21(2)19(29)28(15-7-9-16(10-8-15)33(31,32)22(23,24)25)20(30)27(21)13-14-11-12-26-18-6-4-3-5-17(14)18;3-2(4,5)1(6)7/h3-12H,13H2,1-2H3;(H,6,7). The number of amides is 3. The molecular formula is C24H19F6N3O6S. The number of alkyl halides is 6. The third-order valence-corrected chi connectivity index (χ3v) is 7.35. The molecule has 2 aromatic carbocycles. The second kappa shape index (κ2) is 10.4. The van der Waals surface area contributed by atoms with E-state index >= 15 is 0 Å². The Balaban J connectivity index is 0.000000559. The van der Waals surface area contributed by atoms with Gasteiger partial charge in [0.2, 0.25) is 0 Å². The number of aromatic nitrogens is 1. The minimum atomic E-state index is -5.54. The Morgan fingerprint density at radius 1 is 0.950 bits per heavy atom. The van der Waals surface area contributed by atoms with Crippen LogP contribution in [0.4, 0.5) is 36.8 Å². The van der Waals surface area contributed by atoms with Crippen molar-refractivity contribution in [3.8, 4) is 0 Å². The average molecular weight is 591 g/mol. The number of imide groups is 1. The van der Waals surface area contributed by atoms with E-state index in [4.69, 9.17) is 9.90 Å². The van der Waals surface area contributed by atoms with Crippen LogP contribution in [0.25, 0.3) is 10.9 Å². The van der Waals surface area contributed by atoms with Crippen molar-refractivity contribution in [2.45, 2.75) is 42.5 Å². The van der Waals surface area contributed by atoms with Crippen LogP contribution in [0.3, 0.4) is 0 Å². The Morgan fingerprint density at radius 2 is 1.50 bits per heavy atom. The lowest BCUT2D eigenvalue weighted by molar-refractivity contribution is -0.192. The number of urea groups is 1. The molecule has 16 heteroatoms. The van der Waals surface area contributed by atoms with Crippen molar-refractivity contribution >= 4 is 44.3 Å². The van der Waals surface area contributed by atoms with Crippen LogP contribution in [-0.4, -0.2) is 58.5 Å². The van der Waals surface area contributed by atoms with Gasteiger partial charge in [-0.1, -0.05) is 18.2 Å². The lowest BCUT2D eigenvalue weighted by atomic mass is 10.0. The first-order valence-electron chi connectivity index (χ1n) is 11.0. The first-order chi connectivity index (χ1) is 18.3. The van der Waals surface area contributed by atoms with Crippen LogP contribution >= 0.6 is 0 Å². The van der Waals surface area contributed by atoms with Gasteiger partial charge in [-0.15, -0.1) is 0 Å². The van der Waals surface area contributed by atoms with E-state index in [9.17, 15) is 44.3 Å². The van der Waals surface area contributed by atoms with Crippen LogP contribution in [-0.2, 0) is 26.0 Å². The van der Waals surface area contributed by atoms with Crippen molar-refractivity contribution in [2.24, 2.45) is 0 Å². The summed E-state index contributed by atoms with van der Waals surface area (Å²) in [5.41, 5.74) is -5.24. The first-order valence-corrected chi connectivity index (χ1v) is 12.5. The van der Waals surface area contributed by atoms with Gasteiger partial charge in [-0.2, -0.15) is 26.3 Å². The van der Waals surface area contributed by atoms with Crippen molar-refractivity contribution in [3.63, 3.8) is 0 Å². The number of anilines is 1. The maximum atomic E-state index is 13.2. The number of carbonyl (C=O) groups excluding carboxylic acids is 2. The van der Waals surface area contributed by atoms with Crippen molar-refractivity contribution in [1.82, 2.24) is 9.88 Å². The quantitative estimate of drug-likeness (QED) is 0.338. The summed E-state index contributed by atoms with van der Waals surface area (Å²) >= 11 is 0. The fraction of sp³-hybridized carbons (Fsp3) is 0.250. The van der Waals surface area contributed by atoms with Gasteiger partial charge in [0, 0.05) is 18.1 Å². The lowest BCUT2D eigenvalue weighted by Gasteiger charge is -2.28. The lowest BCUT2D eigenvalue weighted by Crippen LogP contribution is -2.43. The van der Waals surface area contributed by atoms with E-state index in [-0.39, 0.29) is 12.2 Å². The summed E-state index contributed by atoms with van der Waals surface area (Å²) in [6.07, 6.45) is -3.48. The second-order valence-electron chi connectivity index (χ2n) is 8.80. The molecule has 9 nitrogen and oxygen atoms in total. The molecule has 1 aromatic heterocycles. The fourth-order valence-corrected chi connectivity index (χ4v) is 4.46. The van der Waals surface area contributed by atoms with E-state index in [2.05, 4.69) is 4.98 Å². The van der Waals surface area contributed by atoms with Crippen molar-refractivity contribution in [2.75, 3.05) is 4.90 Å². The Hall–Kier alpha value is -4.21. The molecule has 0 spiro atoms. The van der Waals surface area contributed by atoms with Crippen LogP contribution in [0.5, 0.6) is 0 Å². The van der Waals surface area contributed by atoms with E-state index in [1.165, 1.54) is 4.90 Å². The number of para-hydroxylation sites is 1. The summed E-state index contributed by atoms with van der Waals surface area (Å²) in [6.45, 7) is 3.23. The number of hydrogen-bond acceptors (Lipinski definition) is 6. The summed E-state index contributed by atoms with van der Waals surface area (Å²) in [4.78, 5) is 40.7. The van der Waals surface area contributed by atoms with Gasteiger partial charge in [-0.05, 0) is 55.8 Å². The Bertz CT molecular complexity index is 1570. The van der Waals surface area contributed by atoms with E-state index < -0.39 is 49.9 Å². The third-order valence-electron chi connectivity index (χ3n) is 5.84. The zero-order valence-electron chi connectivity index (χ0n) is 20.5. The number of benzene rings is 2. The number of carbonyl (C=O) groups is 3. The maximum Gasteiger partial charge on any atom is 0.501 e. The molecule has 0 atom stereocenters. The summed E-state index contributed by atoms with van der Waals surface area (Å²) in [7, 11) is -5.54. The van der Waals surface area contributed by atoms with E-state index in [1.807, 2.05) is 24.3 Å². The van der Waals surface area contributed by atoms with Gasteiger partial charge in [0.25, 0.3) is 15.7 Å². The van der Waals surface area contributed by atoms with Gasteiger partial charge in [-0.25, -0.2) is 22.9 Å². The van der Waals surface area contributed by atoms with E-state index in [1.54, 1.807) is 26.1 Å². The van der Waals surface area contributed by atoms with Crippen LogP contribution in [0, 0.1) is 0 Å². The summed E-state index contributed by atoms with van der Waals surface area (Å²) < 4.78 is 93.3. The molecule has 1 saturated heterocycles. The molecule has 3 aromatic rings. The van der Waals surface area contributed by atoms with Crippen molar-refractivity contribution in [1.29, 1.82) is 0 Å². The molecule has 1 aliphatic heterocycles. The first kappa shape index (κ1) is 30.3. The highest BCUT2D eigenvalue weighted by Crippen LogP contribution is 2.36. The van der Waals surface area contributed by atoms with E-state index in [0.29, 0.717) is 0 Å². The topological polar surface area (TPSA) is 125 Å². The van der Waals surface area contributed by atoms with Crippen LogP contribution < -0.4 is 4.90 Å². The molecule has 0 unspecified atom stereocenters. The summed E-state index contributed by atoms with van der Waals surface area (Å²) in [5, 5.41) is 7.94. The van der Waals surface area contributed by atoms with Gasteiger partial charge >= 0.3 is 23.7 Å². The fourth-order valence-electron chi connectivity index (χ4n) is 3.70. The molecule has 2 heterocycles. The molecule has 0 saturated carbocycles. The number of sulfone groups is 1. The SMILES string of the molecule is CC1(C)C(=O)N(c2ccc(S(=O)(=O)C(F)(F)F)cc2)C(=O)N1Cc1ccnc2ccccc12.O=C(O)C(F)(F)F. The van der Waals surface area contributed by atoms with Gasteiger partial charge in [0.1, 0.15) is 5.54 Å². The number of rotatable bonds is 4. The smallest absolute Gasteiger partial charge is 0.475 e. The van der Waals surface area contributed by atoms with Gasteiger partial charge < -0.3 is 10.0 Å². The molecule has 4 rings (SSSR count). The molecule has 214 valence electrons. The van der Waals surface area contributed by atoms with Gasteiger partial charge in [0.15, 0.2) is 0 Å².